The van der Waals surface area contributed by atoms with Gasteiger partial charge in [-0.3, -0.25) is 0 Å². The van der Waals surface area contributed by atoms with Gasteiger partial charge in [-0.1, -0.05) is 376 Å². The summed E-state index contributed by atoms with van der Waals surface area (Å²) in [6, 6.07) is 184. The lowest BCUT2D eigenvalue weighted by molar-refractivity contribution is 1.17. The zero-order valence-electron chi connectivity index (χ0n) is 72.2. The third-order valence-corrected chi connectivity index (χ3v) is 26.7. The number of aromatic nitrogens is 6. The van der Waals surface area contributed by atoms with Gasteiger partial charge in [-0.25, -0.2) is 0 Å². The normalized spacial score (nSPS) is 11.6. The Morgan fingerprint density at radius 1 is 0.0985 bits per heavy atom. The lowest BCUT2D eigenvalue weighted by Gasteiger charge is -2.14. The third kappa shape index (κ3) is 13.0. The first kappa shape index (κ1) is 76.8. The molecule has 21 aromatic carbocycles. The van der Waals surface area contributed by atoms with E-state index in [1.165, 1.54) is 203 Å². The van der Waals surface area contributed by atoms with Gasteiger partial charge in [0.2, 0.25) is 0 Å². The van der Waals surface area contributed by atoms with Crippen LogP contribution in [0, 0.1) is 0 Å². The van der Waals surface area contributed by atoms with Crippen LogP contribution in [0.2, 0.25) is 0 Å². The van der Waals surface area contributed by atoms with Crippen molar-refractivity contribution in [2.24, 2.45) is 0 Å². The molecule has 6 heteroatoms. The van der Waals surface area contributed by atoms with Crippen LogP contribution in [-0.4, -0.2) is 27.4 Å². The molecule has 0 radical (unpaired) electrons. The Bertz CT molecular complexity index is 9030. The SMILES string of the molecule is c1ccc(-c2cc(-c3ccccc3)cc(-n3c4ccccc4c4c3ccc3c5ccccc5n(-c5ccccc5)c34)c2)cc1.c1ccc(-c2ccc(-n3c4ccccc4c4ccc5c(c6ccccc6n5-c5cccc(-c6ccccc6)c5)c43)cc2)cc1.c1ccc(-c2cccc(-n3c4ccccc4c4c3ccc3c5ccccc5n(-c5cccc(-c6ccccc6)c5)c34)c2)cc1. The summed E-state index contributed by atoms with van der Waals surface area (Å²) in [6.45, 7) is 0. The zero-order chi connectivity index (χ0) is 87.1. The van der Waals surface area contributed by atoms with Crippen molar-refractivity contribution in [2.75, 3.05) is 0 Å². The van der Waals surface area contributed by atoms with Crippen molar-refractivity contribution in [1.82, 2.24) is 27.4 Å². The quantitative estimate of drug-likeness (QED) is 0.117. The second-order valence-corrected chi connectivity index (χ2v) is 34.2. The van der Waals surface area contributed by atoms with Gasteiger partial charge < -0.3 is 27.4 Å². The van der Waals surface area contributed by atoms with E-state index >= 15 is 0 Å². The second kappa shape index (κ2) is 32.4. The lowest BCUT2D eigenvalue weighted by Crippen LogP contribution is -1.96. The number of hydrogen-bond acceptors (Lipinski definition) is 0. The first-order valence-electron chi connectivity index (χ1n) is 45.4. The summed E-state index contributed by atoms with van der Waals surface area (Å²) in [5.74, 6) is 0. The molecule has 0 fully saturated rings. The van der Waals surface area contributed by atoms with Crippen LogP contribution in [0.15, 0.2) is 510 Å². The Kier molecular flexibility index (Phi) is 18.8. The molecule has 0 saturated heterocycles. The maximum atomic E-state index is 2.47. The van der Waals surface area contributed by atoms with Gasteiger partial charge in [0, 0.05) is 98.8 Å². The minimum atomic E-state index is 1.15. The number of hydrogen-bond donors (Lipinski definition) is 0. The second-order valence-electron chi connectivity index (χ2n) is 34.2. The summed E-state index contributed by atoms with van der Waals surface area (Å²) in [5.41, 5.74) is 36.1. The van der Waals surface area contributed by atoms with E-state index in [1.54, 1.807) is 0 Å². The maximum Gasteiger partial charge on any atom is 0.0641 e. The van der Waals surface area contributed by atoms with E-state index in [0.717, 1.165) is 28.4 Å². The highest BCUT2D eigenvalue weighted by Gasteiger charge is 2.27. The molecule has 0 aliphatic carbocycles. The van der Waals surface area contributed by atoms with Crippen LogP contribution < -0.4 is 0 Å². The average molecular weight is 1680 g/mol. The van der Waals surface area contributed by atoms with Crippen LogP contribution >= 0.6 is 0 Å². The fourth-order valence-corrected chi connectivity index (χ4v) is 20.9. The molecule has 0 amide bonds. The minimum Gasteiger partial charge on any atom is -0.309 e. The Balaban J connectivity index is 0.000000106. The molecule has 27 aromatic rings. The van der Waals surface area contributed by atoms with Gasteiger partial charge in [-0.2, -0.15) is 0 Å². The molecule has 6 aromatic heterocycles. The van der Waals surface area contributed by atoms with Gasteiger partial charge in [0.15, 0.2) is 0 Å². The van der Waals surface area contributed by atoms with Gasteiger partial charge in [0.1, 0.15) is 0 Å². The summed E-state index contributed by atoms with van der Waals surface area (Å²) in [5, 5.41) is 15.1. The van der Waals surface area contributed by atoms with Crippen LogP contribution in [0.1, 0.15) is 0 Å². The Morgan fingerprint density at radius 2 is 0.311 bits per heavy atom. The van der Waals surface area contributed by atoms with Crippen molar-refractivity contribution in [3.8, 4) is 101 Å². The van der Waals surface area contributed by atoms with E-state index in [1.807, 2.05) is 0 Å². The molecule has 0 spiro atoms. The molecule has 0 bridgehead atoms. The number of para-hydroxylation sites is 7. The fraction of sp³-hybridized carbons (Fsp3) is 0. The lowest BCUT2D eigenvalue weighted by atomic mass is 9.98. The third-order valence-electron chi connectivity index (χ3n) is 26.7. The van der Waals surface area contributed by atoms with Crippen molar-refractivity contribution >= 4 is 131 Å². The highest BCUT2D eigenvalue weighted by Crippen LogP contribution is 2.48. The highest BCUT2D eigenvalue weighted by molar-refractivity contribution is 6.29. The molecule has 0 aliphatic rings. The number of rotatable bonds is 12. The molecule has 6 nitrogen and oxygen atoms in total. The van der Waals surface area contributed by atoms with E-state index < -0.39 is 0 Å². The molecular weight excluding hydrogens is 1600 g/mol. The molecule has 6 heterocycles. The summed E-state index contributed by atoms with van der Waals surface area (Å²) in [7, 11) is 0. The van der Waals surface area contributed by atoms with Crippen LogP contribution in [0.3, 0.4) is 0 Å². The number of fused-ring (bicyclic) bond motifs is 21. The fourth-order valence-electron chi connectivity index (χ4n) is 20.9. The Morgan fingerprint density at radius 3 is 0.636 bits per heavy atom. The predicted octanol–water partition coefficient (Wildman–Crippen LogP) is 33.6. The van der Waals surface area contributed by atoms with Crippen molar-refractivity contribution in [3.63, 3.8) is 0 Å². The average Bonchev–Trinajstić information content (AvgIpc) is 1.55. The molecule has 0 saturated carbocycles. The van der Waals surface area contributed by atoms with E-state index in [-0.39, 0.29) is 0 Å². The highest BCUT2D eigenvalue weighted by atomic mass is 15.0. The topological polar surface area (TPSA) is 29.6 Å². The van der Waals surface area contributed by atoms with Crippen molar-refractivity contribution < 1.29 is 0 Å². The largest absolute Gasteiger partial charge is 0.309 e. The monoisotopic (exact) mass is 1680 g/mol. The van der Waals surface area contributed by atoms with Gasteiger partial charge >= 0.3 is 0 Å². The minimum absolute atomic E-state index is 1.15. The van der Waals surface area contributed by atoms with E-state index in [0.29, 0.717) is 0 Å². The molecule has 0 atom stereocenters. The maximum absolute atomic E-state index is 2.47. The first-order chi connectivity index (χ1) is 65.5. The molecule has 0 aliphatic heterocycles. The van der Waals surface area contributed by atoms with Crippen LogP contribution in [-0.2, 0) is 0 Å². The standard InChI is InChI=1S/3C42H28N2/c1-4-14-29(15-5-1)31-26-32(30-16-6-2-7-17-30)28-34(27-31)43-39-23-13-11-21-37(39)41-40(43)25-24-36-35-20-10-12-22-38(35)44(42(36)41)33-18-8-3-9-19-33;1-3-13-29(14-4-1)31-17-11-19-33(27-31)43-39-24-10-8-22-37(39)41-40(43)26-25-36-35-21-7-9-23-38(35)44(42(36)41)34-20-12-18-32(28-34)30-15-5-2-6-16-30;1-3-12-29(13-4-1)31-22-24-33(25-23-31)44-38-20-9-7-18-35(38)36-26-27-40-41(42(36)44)37-19-8-10-21-39(37)43(40)34-17-11-16-32(28-34)30-14-5-2-6-15-30/h3*1-28H. The summed E-state index contributed by atoms with van der Waals surface area (Å²) in [4.78, 5) is 0. The van der Waals surface area contributed by atoms with Gasteiger partial charge in [0.05, 0.1) is 66.2 Å². The summed E-state index contributed by atoms with van der Waals surface area (Å²) >= 11 is 0. The number of nitrogens with zero attached hydrogens (tertiary/aromatic N) is 6. The van der Waals surface area contributed by atoms with Crippen molar-refractivity contribution in [2.45, 2.75) is 0 Å². The van der Waals surface area contributed by atoms with Crippen LogP contribution in [0.25, 0.3) is 232 Å². The molecule has 27 rings (SSSR count). The van der Waals surface area contributed by atoms with Crippen molar-refractivity contribution in [3.05, 3.63) is 510 Å². The summed E-state index contributed by atoms with van der Waals surface area (Å²) < 4.78 is 14.7. The molecule has 0 unspecified atom stereocenters. The molecule has 618 valence electrons. The van der Waals surface area contributed by atoms with E-state index in [2.05, 4.69) is 537 Å². The molecule has 0 N–H and O–H groups in total. The zero-order valence-corrected chi connectivity index (χ0v) is 72.2. The summed E-state index contributed by atoms with van der Waals surface area (Å²) in [6.07, 6.45) is 0. The Labute approximate surface area is 763 Å². The predicted molar refractivity (Wildman–Crippen MR) is 558 cm³/mol. The number of benzene rings is 21. The van der Waals surface area contributed by atoms with Crippen LogP contribution in [0.5, 0.6) is 0 Å². The molecular formula is C126H84N6. The van der Waals surface area contributed by atoms with Crippen molar-refractivity contribution in [1.29, 1.82) is 0 Å². The van der Waals surface area contributed by atoms with E-state index in [4.69, 9.17) is 0 Å². The van der Waals surface area contributed by atoms with Gasteiger partial charge in [0.25, 0.3) is 0 Å². The van der Waals surface area contributed by atoms with E-state index in [9.17, 15) is 0 Å². The van der Waals surface area contributed by atoms with Crippen LogP contribution in [0.4, 0.5) is 0 Å². The van der Waals surface area contributed by atoms with Gasteiger partial charge in [-0.15, -0.1) is 0 Å². The van der Waals surface area contributed by atoms with Gasteiger partial charge in [-0.05, 0) is 200 Å². The Hall–Kier alpha value is -17.6. The first-order valence-corrected chi connectivity index (χ1v) is 45.4. The molecule has 132 heavy (non-hydrogen) atoms. The smallest absolute Gasteiger partial charge is 0.0641 e.